The van der Waals surface area contributed by atoms with Crippen LogP contribution in [0, 0.1) is 5.82 Å². The number of ether oxygens (including phenoxy) is 1. The summed E-state index contributed by atoms with van der Waals surface area (Å²) in [5.41, 5.74) is 0.965. The standard InChI is InChI=1S/C20H31FN2O4Si/c1-20(2,3)28(4,5)27-15-8-9-22(11-15)18-7-6-14(10-17(18)21)23-12-16(13-24)26-19(23)25/h6-7,10,15-16,24H,8-9,11-13H2,1-5H3/t15-,16-/m1/s1. The summed E-state index contributed by atoms with van der Waals surface area (Å²) in [5.74, 6) is -0.370. The number of aliphatic hydroxyl groups is 1. The molecule has 0 unspecified atom stereocenters. The van der Waals surface area contributed by atoms with Gasteiger partial charge < -0.3 is 19.2 Å². The monoisotopic (exact) mass is 410 g/mol. The number of aliphatic hydroxyl groups excluding tert-OH is 1. The lowest BCUT2D eigenvalue weighted by Gasteiger charge is -2.38. The van der Waals surface area contributed by atoms with Crippen LogP contribution in [-0.2, 0) is 9.16 Å². The van der Waals surface area contributed by atoms with Crippen LogP contribution in [0.5, 0.6) is 0 Å². The molecule has 1 N–H and O–H groups in total. The summed E-state index contributed by atoms with van der Waals surface area (Å²) < 4.78 is 26.3. The Bertz CT molecular complexity index is 737. The summed E-state index contributed by atoms with van der Waals surface area (Å²) in [6.07, 6.45) is -0.138. The van der Waals surface area contributed by atoms with Gasteiger partial charge in [-0.2, -0.15) is 0 Å². The van der Waals surface area contributed by atoms with Gasteiger partial charge in [-0.1, -0.05) is 20.8 Å². The van der Waals surface area contributed by atoms with Gasteiger partial charge in [0.1, 0.15) is 11.9 Å². The second-order valence-corrected chi connectivity index (χ2v) is 13.9. The molecule has 1 amide bonds. The highest BCUT2D eigenvalue weighted by Gasteiger charge is 2.41. The van der Waals surface area contributed by atoms with E-state index in [9.17, 15) is 9.18 Å². The molecule has 0 aliphatic carbocycles. The average Bonchev–Trinajstić information content (AvgIpc) is 3.19. The van der Waals surface area contributed by atoms with Crippen molar-refractivity contribution in [2.75, 3.05) is 36.0 Å². The van der Waals surface area contributed by atoms with E-state index >= 15 is 0 Å². The fourth-order valence-corrected chi connectivity index (χ4v) is 4.76. The Balaban J connectivity index is 1.68. The highest BCUT2D eigenvalue weighted by Crippen LogP contribution is 2.39. The predicted octanol–water partition coefficient (Wildman–Crippen LogP) is 3.74. The molecule has 1 aromatic rings. The Morgan fingerprint density at radius 3 is 2.61 bits per heavy atom. The minimum atomic E-state index is -1.86. The molecule has 0 bridgehead atoms. The van der Waals surface area contributed by atoms with E-state index in [-0.39, 0.29) is 30.1 Å². The first-order valence-electron chi connectivity index (χ1n) is 9.83. The van der Waals surface area contributed by atoms with Gasteiger partial charge in [0.05, 0.1) is 30.6 Å². The van der Waals surface area contributed by atoms with Crippen LogP contribution in [0.2, 0.25) is 18.1 Å². The van der Waals surface area contributed by atoms with Crippen LogP contribution in [0.1, 0.15) is 27.2 Å². The van der Waals surface area contributed by atoms with E-state index in [0.717, 1.165) is 13.0 Å². The van der Waals surface area contributed by atoms with E-state index in [1.165, 1.54) is 11.0 Å². The predicted molar refractivity (Wildman–Crippen MR) is 110 cm³/mol. The molecule has 8 heteroatoms. The summed E-state index contributed by atoms with van der Waals surface area (Å²) >= 11 is 0. The fourth-order valence-electron chi connectivity index (χ4n) is 3.38. The molecule has 156 valence electrons. The molecule has 0 aromatic heterocycles. The van der Waals surface area contributed by atoms with Gasteiger partial charge >= 0.3 is 6.09 Å². The molecule has 0 radical (unpaired) electrons. The van der Waals surface area contributed by atoms with E-state index in [4.69, 9.17) is 14.3 Å². The van der Waals surface area contributed by atoms with Crippen molar-refractivity contribution in [3.8, 4) is 0 Å². The van der Waals surface area contributed by atoms with Gasteiger partial charge in [0.15, 0.2) is 8.32 Å². The maximum absolute atomic E-state index is 14.8. The number of cyclic esters (lactones) is 1. The fraction of sp³-hybridized carbons (Fsp3) is 0.650. The second kappa shape index (κ2) is 7.65. The third-order valence-corrected chi connectivity index (χ3v) is 10.6. The Kier molecular flexibility index (Phi) is 5.75. The van der Waals surface area contributed by atoms with Gasteiger partial charge in [-0.05, 0) is 42.8 Å². The Labute approximate surface area is 167 Å². The first-order valence-corrected chi connectivity index (χ1v) is 12.7. The quantitative estimate of drug-likeness (QED) is 0.749. The number of anilines is 2. The lowest BCUT2D eigenvalue weighted by molar-refractivity contribution is 0.0963. The molecule has 0 spiro atoms. The molecule has 28 heavy (non-hydrogen) atoms. The Morgan fingerprint density at radius 1 is 1.32 bits per heavy atom. The van der Waals surface area contributed by atoms with Crippen molar-refractivity contribution in [2.24, 2.45) is 0 Å². The first-order chi connectivity index (χ1) is 13.0. The molecule has 2 atom stereocenters. The van der Waals surface area contributed by atoms with Crippen molar-refractivity contribution in [3.05, 3.63) is 24.0 Å². The van der Waals surface area contributed by atoms with Crippen molar-refractivity contribution >= 4 is 25.8 Å². The van der Waals surface area contributed by atoms with Crippen molar-refractivity contribution in [1.82, 2.24) is 0 Å². The van der Waals surface area contributed by atoms with E-state index in [1.54, 1.807) is 12.1 Å². The molecule has 2 aliphatic rings. The summed E-state index contributed by atoms with van der Waals surface area (Å²) in [4.78, 5) is 15.3. The van der Waals surface area contributed by atoms with Crippen LogP contribution in [0.15, 0.2) is 18.2 Å². The number of hydrogen-bond acceptors (Lipinski definition) is 5. The summed E-state index contributed by atoms with van der Waals surface area (Å²) in [6.45, 7) is 12.5. The van der Waals surface area contributed by atoms with Gasteiger partial charge in [0.2, 0.25) is 0 Å². The molecular formula is C20H31FN2O4Si. The first kappa shape index (κ1) is 21.1. The van der Waals surface area contributed by atoms with Crippen molar-refractivity contribution in [1.29, 1.82) is 0 Å². The number of halogens is 1. The minimum Gasteiger partial charge on any atom is -0.441 e. The molecule has 2 aliphatic heterocycles. The van der Waals surface area contributed by atoms with Crippen molar-refractivity contribution < 1.29 is 23.5 Å². The van der Waals surface area contributed by atoms with Gasteiger partial charge in [0.25, 0.3) is 0 Å². The topological polar surface area (TPSA) is 62.2 Å². The Morgan fingerprint density at radius 2 is 2.04 bits per heavy atom. The number of carbonyl (C=O) groups is 1. The van der Waals surface area contributed by atoms with Gasteiger partial charge in [-0.3, -0.25) is 4.90 Å². The molecule has 0 saturated carbocycles. The number of amides is 1. The van der Waals surface area contributed by atoms with Gasteiger partial charge in [0, 0.05) is 13.1 Å². The largest absolute Gasteiger partial charge is 0.441 e. The van der Waals surface area contributed by atoms with Crippen LogP contribution >= 0.6 is 0 Å². The molecule has 2 heterocycles. The molecule has 2 fully saturated rings. The normalized spacial score (nSPS) is 23.5. The molecule has 6 nitrogen and oxygen atoms in total. The lowest BCUT2D eigenvalue weighted by atomic mass is 10.2. The second-order valence-electron chi connectivity index (χ2n) is 9.17. The van der Waals surface area contributed by atoms with E-state index in [2.05, 4.69) is 33.9 Å². The maximum Gasteiger partial charge on any atom is 0.414 e. The number of carbonyl (C=O) groups excluding carboxylic acids is 1. The summed E-state index contributed by atoms with van der Waals surface area (Å²) in [5, 5.41) is 9.30. The third kappa shape index (κ3) is 4.18. The molecule has 3 rings (SSSR count). The zero-order chi connectivity index (χ0) is 20.7. The number of hydrogen-bond donors (Lipinski definition) is 1. The van der Waals surface area contributed by atoms with Crippen LogP contribution in [0.25, 0.3) is 0 Å². The number of rotatable bonds is 5. The van der Waals surface area contributed by atoms with Crippen LogP contribution in [0.3, 0.4) is 0 Å². The van der Waals surface area contributed by atoms with Crippen LogP contribution in [0.4, 0.5) is 20.6 Å². The third-order valence-electron chi connectivity index (χ3n) is 6.07. The maximum atomic E-state index is 14.8. The lowest BCUT2D eigenvalue weighted by Crippen LogP contribution is -2.44. The van der Waals surface area contributed by atoms with Crippen LogP contribution < -0.4 is 9.80 Å². The molecule has 1 aromatic carbocycles. The zero-order valence-corrected chi connectivity index (χ0v) is 18.4. The highest BCUT2D eigenvalue weighted by atomic mass is 28.4. The average molecular weight is 411 g/mol. The van der Waals surface area contributed by atoms with E-state index in [0.29, 0.717) is 17.9 Å². The summed E-state index contributed by atoms with van der Waals surface area (Å²) in [7, 11) is -1.86. The number of nitrogens with zero attached hydrogens (tertiary/aromatic N) is 2. The smallest absolute Gasteiger partial charge is 0.414 e. The summed E-state index contributed by atoms with van der Waals surface area (Å²) in [6, 6.07) is 4.79. The van der Waals surface area contributed by atoms with Gasteiger partial charge in [-0.25, -0.2) is 9.18 Å². The zero-order valence-electron chi connectivity index (χ0n) is 17.4. The van der Waals surface area contributed by atoms with Crippen LogP contribution in [-0.4, -0.2) is 58.0 Å². The van der Waals surface area contributed by atoms with E-state index in [1.807, 2.05) is 4.90 Å². The number of benzene rings is 1. The van der Waals surface area contributed by atoms with E-state index < -0.39 is 20.5 Å². The minimum absolute atomic E-state index is 0.110. The molecular weight excluding hydrogens is 379 g/mol. The Hall–Kier alpha value is -1.64. The molecule has 2 saturated heterocycles. The van der Waals surface area contributed by atoms with Crippen molar-refractivity contribution in [2.45, 2.75) is 57.5 Å². The van der Waals surface area contributed by atoms with Gasteiger partial charge in [-0.15, -0.1) is 0 Å². The van der Waals surface area contributed by atoms with Crippen molar-refractivity contribution in [3.63, 3.8) is 0 Å². The SMILES string of the molecule is CC(C)(C)[Si](C)(C)O[C@@H]1CCN(c2ccc(N3C[C@H](CO)OC3=O)cc2F)C1. The highest BCUT2D eigenvalue weighted by molar-refractivity contribution is 6.74.